The van der Waals surface area contributed by atoms with E-state index in [9.17, 15) is 4.79 Å². The molecule has 0 saturated heterocycles. The largest absolute Gasteiger partial charge is 0.487 e. The monoisotopic (exact) mass is 325 g/mol. The Labute approximate surface area is 137 Å². The molecule has 23 heavy (non-hydrogen) atoms. The molecule has 0 N–H and O–H groups in total. The van der Waals surface area contributed by atoms with Gasteiger partial charge in [-0.05, 0) is 36.8 Å². The van der Waals surface area contributed by atoms with E-state index in [1.54, 1.807) is 12.1 Å². The fourth-order valence-corrected chi connectivity index (χ4v) is 2.53. The smallest absolute Gasteiger partial charge is 0.336 e. The van der Waals surface area contributed by atoms with Gasteiger partial charge in [-0.25, -0.2) is 4.79 Å². The first kappa shape index (κ1) is 15.1. The van der Waals surface area contributed by atoms with Gasteiger partial charge in [-0.3, -0.25) is 0 Å². The minimum Gasteiger partial charge on any atom is -0.487 e. The van der Waals surface area contributed by atoms with Crippen LogP contribution in [0, 0.1) is 18.3 Å². The predicted molar refractivity (Wildman–Crippen MR) is 87.7 cm³/mol. The Bertz CT molecular complexity index is 986. The number of halogens is 1. The fraction of sp³-hybridized carbons (Fsp3) is 0.111. The molecule has 5 heteroatoms. The van der Waals surface area contributed by atoms with Gasteiger partial charge >= 0.3 is 5.63 Å². The number of fused-ring (bicyclic) bond motifs is 1. The Morgan fingerprint density at radius 3 is 2.78 bits per heavy atom. The second-order valence-electron chi connectivity index (χ2n) is 5.14. The van der Waals surface area contributed by atoms with Crippen LogP contribution in [0.25, 0.3) is 11.0 Å². The molecule has 0 atom stereocenters. The Morgan fingerprint density at radius 1 is 1.22 bits per heavy atom. The van der Waals surface area contributed by atoms with Gasteiger partial charge in [0.25, 0.3) is 0 Å². The normalized spacial score (nSPS) is 10.5. The average Bonchev–Trinajstić information content (AvgIpc) is 2.52. The number of hydrogen-bond donors (Lipinski definition) is 0. The third-order valence-corrected chi connectivity index (χ3v) is 3.73. The van der Waals surface area contributed by atoms with Crippen LogP contribution in [0.4, 0.5) is 0 Å². The summed E-state index contributed by atoms with van der Waals surface area (Å²) in [6.07, 6.45) is 0. The van der Waals surface area contributed by atoms with Crippen LogP contribution in [0.15, 0.2) is 51.7 Å². The molecule has 3 rings (SSSR count). The van der Waals surface area contributed by atoms with Crippen molar-refractivity contribution in [2.24, 2.45) is 0 Å². The van der Waals surface area contributed by atoms with Crippen LogP contribution in [0.5, 0.6) is 5.75 Å². The van der Waals surface area contributed by atoms with Gasteiger partial charge in [-0.2, -0.15) is 5.26 Å². The maximum absolute atomic E-state index is 11.7. The standard InChI is InChI=1S/C18H12ClNO3/c1-11-2-4-14-13(8-18(21)23-17(14)6-11)10-22-16-5-3-12(9-20)7-15(16)19/h2-8H,10H2,1H3. The first-order valence-corrected chi connectivity index (χ1v) is 7.30. The summed E-state index contributed by atoms with van der Waals surface area (Å²) in [4.78, 5) is 11.7. The van der Waals surface area contributed by atoms with Gasteiger partial charge in [-0.1, -0.05) is 23.7 Å². The Balaban J connectivity index is 1.93. The van der Waals surface area contributed by atoms with Crippen LogP contribution < -0.4 is 10.4 Å². The molecule has 2 aromatic carbocycles. The lowest BCUT2D eigenvalue weighted by Crippen LogP contribution is -2.04. The quantitative estimate of drug-likeness (QED) is 0.677. The van der Waals surface area contributed by atoms with Gasteiger partial charge in [0.05, 0.1) is 16.7 Å². The van der Waals surface area contributed by atoms with Crippen LogP contribution in [0.1, 0.15) is 16.7 Å². The van der Waals surface area contributed by atoms with Crippen molar-refractivity contribution in [3.63, 3.8) is 0 Å². The topological polar surface area (TPSA) is 63.2 Å². The molecule has 0 amide bonds. The van der Waals surface area contributed by atoms with Crippen LogP contribution >= 0.6 is 11.6 Å². The van der Waals surface area contributed by atoms with E-state index in [1.165, 1.54) is 12.1 Å². The molecule has 0 spiro atoms. The summed E-state index contributed by atoms with van der Waals surface area (Å²) in [5.74, 6) is 0.458. The van der Waals surface area contributed by atoms with Crippen molar-refractivity contribution in [3.8, 4) is 11.8 Å². The van der Waals surface area contributed by atoms with E-state index < -0.39 is 5.63 Å². The van der Waals surface area contributed by atoms with Gasteiger partial charge in [0, 0.05) is 17.0 Å². The van der Waals surface area contributed by atoms with E-state index in [2.05, 4.69) is 0 Å². The summed E-state index contributed by atoms with van der Waals surface area (Å²) in [6, 6.07) is 13.9. The number of rotatable bonds is 3. The van der Waals surface area contributed by atoms with Gasteiger partial charge in [0.2, 0.25) is 0 Å². The summed E-state index contributed by atoms with van der Waals surface area (Å²) < 4.78 is 10.9. The number of aryl methyl sites for hydroxylation is 1. The number of hydrogen-bond acceptors (Lipinski definition) is 4. The minimum absolute atomic E-state index is 0.177. The number of benzene rings is 2. The lowest BCUT2D eigenvalue weighted by molar-refractivity contribution is 0.307. The summed E-state index contributed by atoms with van der Waals surface area (Å²) in [7, 11) is 0. The van der Waals surface area contributed by atoms with E-state index >= 15 is 0 Å². The molecule has 0 fully saturated rings. The zero-order valence-electron chi connectivity index (χ0n) is 12.3. The maximum atomic E-state index is 11.7. The van der Waals surface area contributed by atoms with Crippen LogP contribution in [0.3, 0.4) is 0 Å². The highest BCUT2D eigenvalue weighted by Gasteiger charge is 2.08. The summed E-state index contributed by atoms with van der Waals surface area (Å²) in [5.41, 5.74) is 2.30. The number of ether oxygens (including phenoxy) is 1. The van der Waals surface area contributed by atoms with Crippen molar-refractivity contribution in [2.45, 2.75) is 13.5 Å². The molecule has 0 bridgehead atoms. The predicted octanol–water partition coefficient (Wildman–Crippen LogP) is 4.21. The second-order valence-corrected chi connectivity index (χ2v) is 5.54. The molecule has 0 aliphatic carbocycles. The van der Waals surface area contributed by atoms with E-state index in [-0.39, 0.29) is 6.61 Å². The molecule has 0 aliphatic heterocycles. The summed E-state index contributed by atoms with van der Waals surface area (Å²) in [5, 5.41) is 10.0. The van der Waals surface area contributed by atoms with Crippen LogP contribution in [-0.2, 0) is 6.61 Å². The van der Waals surface area contributed by atoms with Gasteiger partial charge < -0.3 is 9.15 Å². The summed E-state index contributed by atoms with van der Waals surface area (Å²) in [6.45, 7) is 2.11. The van der Waals surface area contributed by atoms with Crippen molar-refractivity contribution < 1.29 is 9.15 Å². The first-order chi connectivity index (χ1) is 11.1. The highest BCUT2D eigenvalue weighted by molar-refractivity contribution is 6.32. The van der Waals surface area contributed by atoms with Crippen molar-refractivity contribution in [1.82, 2.24) is 0 Å². The molecular weight excluding hydrogens is 314 g/mol. The maximum Gasteiger partial charge on any atom is 0.336 e. The van der Waals surface area contributed by atoms with Crippen molar-refractivity contribution in [2.75, 3.05) is 0 Å². The molecule has 0 saturated carbocycles. The van der Waals surface area contributed by atoms with Crippen molar-refractivity contribution >= 4 is 22.6 Å². The van der Waals surface area contributed by atoms with Gasteiger partial charge in [0.15, 0.2) is 0 Å². The SMILES string of the molecule is Cc1ccc2c(COc3ccc(C#N)cc3Cl)cc(=O)oc2c1. The van der Waals surface area contributed by atoms with E-state index in [0.29, 0.717) is 21.9 Å². The third-order valence-electron chi connectivity index (χ3n) is 3.43. The van der Waals surface area contributed by atoms with Crippen LogP contribution in [-0.4, -0.2) is 0 Å². The molecule has 0 radical (unpaired) electrons. The van der Waals surface area contributed by atoms with Crippen molar-refractivity contribution in [3.05, 3.63) is 74.6 Å². The van der Waals surface area contributed by atoms with E-state index in [4.69, 9.17) is 26.0 Å². The summed E-state index contributed by atoms with van der Waals surface area (Å²) >= 11 is 6.09. The lowest BCUT2D eigenvalue weighted by Gasteiger charge is -2.10. The molecule has 1 heterocycles. The average molecular weight is 326 g/mol. The second kappa shape index (κ2) is 6.15. The minimum atomic E-state index is -0.423. The Hall–Kier alpha value is -2.77. The van der Waals surface area contributed by atoms with Crippen molar-refractivity contribution in [1.29, 1.82) is 5.26 Å². The van der Waals surface area contributed by atoms with Gasteiger partial charge in [0.1, 0.15) is 17.9 Å². The van der Waals surface area contributed by atoms with Gasteiger partial charge in [-0.15, -0.1) is 0 Å². The Kier molecular flexibility index (Phi) is 4.05. The molecule has 0 unspecified atom stereocenters. The number of nitriles is 1. The lowest BCUT2D eigenvalue weighted by atomic mass is 10.1. The third kappa shape index (κ3) is 3.20. The molecule has 4 nitrogen and oxygen atoms in total. The molecule has 3 aromatic rings. The molecular formula is C18H12ClNO3. The molecule has 0 aliphatic rings. The first-order valence-electron chi connectivity index (χ1n) is 6.92. The highest BCUT2D eigenvalue weighted by Crippen LogP contribution is 2.27. The number of nitrogens with zero attached hydrogens (tertiary/aromatic N) is 1. The molecule has 1 aromatic heterocycles. The van der Waals surface area contributed by atoms with E-state index in [0.717, 1.165) is 16.5 Å². The highest BCUT2D eigenvalue weighted by atomic mass is 35.5. The fourth-order valence-electron chi connectivity index (χ4n) is 2.30. The zero-order chi connectivity index (χ0) is 16.4. The molecule has 114 valence electrons. The zero-order valence-corrected chi connectivity index (χ0v) is 13.1. The van der Waals surface area contributed by atoms with E-state index in [1.807, 2.05) is 31.2 Å². The van der Waals surface area contributed by atoms with Crippen LogP contribution in [0.2, 0.25) is 5.02 Å². The Morgan fingerprint density at radius 2 is 2.04 bits per heavy atom.